The Morgan fingerprint density at radius 3 is 2.80 bits per heavy atom. The SMILES string of the molecule is COc1cc(OCC#Cc2cnc(N3CCC4(CC3)Cc3ccccc3C4N)c(CO)n2)ccn1. The van der Waals surface area contributed by atoms with Crippen LogP contribution >= 0.6 is 0 Å². The average Bonchev–Trinajstić information content (AvgIpc) is 3.18. The van der Waals surface area contributed by atoms with Gasteiger partial charge in [0.2, 0.25) is 5.88 Å². The minimum Gasteiger partial charge on any atom is -0.481 e. The molecule has 3 heterocycles. The predicted octanol–water partition coefficient (Wildman–Crippen LogP) is 2.65. The molecule has 0 saturated carbocycles. The van der Waals surface area contributed by atoms with E-state index in [4.69, 9.17) is 15.2 Å². The summed E-state index contributed by atoms with van der Waals surface area (Å²) in [5.74, 6) is 7.72. The number of methoxy groups -OCH3 is 1. The molecule has 1 fully saturated rings. The topological polar surface area (TPSA) is 107 Å². The number of pyridine rings is 1. The molecule has 5 rings (SSSR count). The lowest BCUT2D eigenvalue weighted by Gasteiger charge is -2.42. The van der Waals surface area contributed by atoms with Gasteiger partial charge < -0.3 is 25.2 Å². The van der Waals surface area contributed by atoms with Crippen LogP contribution in [0.4, 0.5) is 5.82 Å². The molecule has 1 aliphatic carbocycles. The van der Waals surface area contributed by atoms with Gasteiger partial charge in [-0.05, 0) is 47.8 Å². The third kappa shape index (κ3) is 4.65. The molecule has 1 aromatic carbocycles. The Morgan fingerprint density at radius 1 is 1.20 bits per heavy atom. The number of aliphatic hydroxyl groups is 1. The van der Waals surface area contributed by atoms with Crippen LogP contribution in [0.5, 0.6) is 11.6 Å². The van der Waals surface area contributed by atoms with E-state index >= 15 is 0 Å². The minimum absolute atomic E-state index is 0.0670. The van der Waals surface area contributed by atoms with Gasteiger partial charge in [-0.15, -0.1) is 0 Å². The number of ether oxygens (including phenoxy) is 2. The fourth-order valence-electron chi connectivity index (χ4n) is 5.16. The molecule has 2 aliphatic rings. The first-order valence-corrected chi connectivity index (χ1v) is 11.8. The van der Waals surface area contributed by atoms with E-state index in [2.05, 4.69) is 56.0 Å². The van der Waals surface area contributed by atoms with Crippen molar-refractivity contribution in [1.29, 1.82) is 0 Å². The summed E-state index contributed by atoms with van der Waals surface area (Å²) in [4.78, 5) is 15.4. The van der Waals surface area contributed by atoms with Crippen LogP contribution in [0.2, 0.25) is 0 Å². The largest absolute Gasteiger partial charge is 0.481 e. The van der Waals surface area contributed by atoms with Gasteiger partial charge in [-0.25, -0.2) is 15.0 Å². The van der Waals surface area contributed by atoms with Crippen molar-refractivity contribution in [2.75, 3.05) is 31.7 Å². The molecular formula is C27H29N5O3. The van der Waals surface area contributed by atoms with Gasteiger partial charge in [0, 0.05) is 31.4 Å². The summed E-state index contributed by atoms with van der Waals surface area (Å²) in [5.41, 5.74) is 10.5. The minimum atomic E-state index is -0.197. The Kier molecular flexibility index (Phi) is 6.53. The second-order valence-corrected chi connectivity index (χ2v) is 9.01. The Bertz CT molecular complexity index is 1260. The van der Waals surface area contributed by atoms with E-state index in [1.807, 2.05) is 0 Å². The molecule has 8 heteroatoms. The van der Waals surface area contributed by atoms with E-state index in [0.717, 1.165) is 38.2 Å². The fourth-order valence-corrected chi connectivity index (χ4v) is 5.16. The molecule has 1 aliphatic heterocycles. The smallest absolute Gasteiger partial charge is 0.216 e. The van der Waals surface area contributed by atoms with Crippen molar-refractivity contribution in [1.82, 2.24) is 15.0 Å². The maximum atomic E-state index is 9.97. The van der Waals surface area contributed by atoms with Gasteiger partial charge in [0.15, 0.2) is 5.82 Å². The van der Waals surface area contributed by atoms with Crippen molar-refractivity contribution in [3.8, 4) is 23.5 Å². The van der Waals surface area contributed by atoms with Gasteiger partial charge >= 0.3 is 0 Å². The lowest BCUT2D eigenvalue weighted by molar-refractivity contribution is 0.186. The zero-order valence-corrected chi connectivity index (χ0v) is 19.8. The number of nitrogens with two attached hydrogens (primary N) is 1. The van der Waals surface area contributed by atoms with Crippen LogP contribution in [-0.4, -0.2) is 46.9 Å². The lowest BCUT2D eigenvalue weighted by atomic mass is 9.73. The average molecular weight is 472 g/mol. The number of benzene rings is 1. The van der Waals surface area contributed by atoms with Crippen LogP contribution in [-0.2, 0) is 13.0 Å². The zero-order valence-electron chi connectivity index (χ0n) is 19.8. The van der Waals surface area contributed by atoms with Crippen LogP contribution in [0.25, 0.3) is 0 Å². The van der Waals surface area contributed by atoms with Gasteiger partial charge in [-0.1, -0.05) is 30.2 Å². The van der Waals surface area contributed by atoms with Gasteiger partial charge in [0.25, 0.3) is 0 Å². The molecule has 0 radical (unpaired) electrons. The van der Waals surface area contributed by atoms with Crippen molar-refractivity contribution in [3.63, 3.8) is 0 Å². The molecule has 1 unspecified atom stereocenters. The molecule has 2 aromatic heterocycles. The molecule has 180 valence electrons. The summed E-state index contributed by atoms with van der Waals surface area (Å²) in [6.45, 7) is 1.65. The van der Waals surface area contributed by atoms with Gasteiger partial charge in [0.1, 0.15) is 23.7 Å². The van der Waals surface area contributed by atoms with Crippen molar-refractivity contribution < 1.29 is 14.6 Å². The molecule has 8 nitrogen and oxygen atoms in total. The van der Waals surface area contributed by atoms with Gasteiger partial charge in [-0.2, -0.15) is 0 Å². The number of aliphatic hydroxyl groups excluding tert-OH is 1. The number of nitrogens with zero attached hydrogens (tertiary/aromatic N) is 4. The van der Waals surface area contributed by atoms with E-state index in [1.54, 1.807) is 31.6 Å². The Balaban J connectivity index is 1.22. The highest BCUT2D eigenvalue weighted by Crippen LogP contribution is 2.50. The van der Waals surface area contributed by atoms with Crippen molar-refractivity contribution >= 4 is 5.82 Å². The molecule has 3 aromatic rings. The maximum Gasteiger partial charge on any atom is 0.216 e. The third-order valence-electron chi connectivity index (χ3n) is 7.07. The first-order chi connectivity index (χ1) is 17.1. The normalized spacial score (nSPS) is 18.0. The highest BCUT2D eigenvalue weighted by molar-refractivity contribution is 5.47. The number of rotatable bonds is 5. The van der Waals surface area contributed by atoms with Crippen LogP contribution in [0.1, 0.15) is 41.4 Å². The summed E-state index contributed by atoms with van der Waals surface area (Å²) in [7, 11) is 1.55. The van der Waals surface area contributed by atoms with Gasteiger partial charge in [-0.3, -0.25) is 0 Å². The van der Waals surface area contributed by atoms with Gasteiger partial charge in [0.05, 0.1) is 19.9 Å². The van der Waals surface area contributed by atoms with Crippen LogP contribution < -0.4 is 20.1 Å². The van der Waals surface area contributed by atoms with E-state index in [1.165, 1.54) is 11.1 Å². The standard InChI is InChI=1S/C27H29N5O3/c1-34-24-15-21(8-11-29-24)35-14-4-6-20-17-30-26(23(18-33)31-20)32-12-9-27(10-13-32)16-19-5-2-3-7-22(19)25(27)28/h2-3,5,7-8,11,15,17,25,33H,9-10,12-14,16,18,28H2,1H3. The molecular weight excluding hydrogens is 442 g/mol. The number of anilines is 1. The lowest BCUT2D eigenvalue weighted by Crippen LogP contribution is -2.45. The highest BCUT2D eigenvalue weighted by atomic mass is 16.5. The zero-order chi connectivity index (χ0) is 24.3. The number of hydrogen-bond acceptors (Lipinski definition) is 8. The van der Waals surface area contributed by atoms with Crippen LogP contribution in [0, 0.1) is 17.3 Å². The molecule has 0 bridgehead atoms. The summed E-state index contributed by atoms with van der Waals surface area (Å²) in [6.07, 6.45) is 6.25. The summed E-state index contributed by atoms with van der Waals surface area (Å²) in [6, 6.07) is 12.0. The second-order valence-electron chi connectivity index (χ2n) is 9.01. The first kappa shape index (κ1) is 23.1. The molecule has 35 heavy (non-hydrogen) atoms. The van der Waals surface area contributed by atoms with Crippen LogP contribution in [0.15, 0.2) is 48.8 Å². The fraction of sp³-hybridized carbons (Fsp3) is 0.370. The van der Waals surface area contributed by atoms with Crippen molar-refractivity contribution in [2.24, 2.45) is 11.1 Å². The number of fused-ring (bicyclic) bond motifs is 1. The van der Waals surface area contributed by atoms with E-state index < -0.39 is 0 Å². The van der Waals surface area contributed by atoms with E-state index in [9.17, 15) is 5.11 Å². The highest BCUT2D eigenvalue weighted by Gasteiger charge is 2.46. The number of aromatic nitrogens is 3. The van der Waals surface area contributed by atoms with E-state index in [-0.39, 0.29) is 24.7 Å². The van der Waals surface area contributed by atoms with E-state index in [0.29, 0.717) is 23.0 Å². The molecule has 3 N–H and O–H groups in total. The van der Waals surface area contributed by atoms with Crippen molar-refractivity contribution in [3.05, 3.63) is 71.3 Å². The molecule has 0 amide bonds. The third-order valence-corrected chi connectivity index (χ3v) is 7.07. The Labute approximate surface area is 205 Å². The summed E-state index contributed by atoms with van der Waals surface area (Å²) < 4.78 is 10.7. The Hall–Kier alpha value is -3.67. The summed E-state index contributed by atoms with van der Waals surface area (Å²) in [5, 5.41) is 9.97. The molecule has 1 atom stereocenters. The second kappa shape index (κ2) is 9.90. The maximum absolute atomic E-state index is 9.97. The summed E-state index contributed by atoms with van der Waals surface area (Å²) >= 11 is 0. The molecule has 1 saturated heterocycles. The quantitative estimate of drug-likeness (QED) is 0.547. The monoisotopic (exact) mass is 471 g/mol. The number of piperidine rings is 1. The predicted molar refractivity (Wildman–Crippen MR) is 132 cm³/mol. The molecule has 1 spiro atoms. The Morgan fingerprint density at radius 2 is 2.03 bits per heavy atom. The van der Waals surface area contributed by atoms with Crippen LogP contribution in [0.3, 0.4) is 0 Å². The number of hydrogen-bond donors (Lipinski definition) is 2. The van der Waals surface area contributed by atoms with Crippen molar-refractivity contribution in [2.45, 2.75) is 31.9 Å². The first-order valence-electron chi connectivity index (χ1n) is 11.8.